The highest BCUT2D eigenvalue weighted by atomic mass is 16.5. The predicted molar refractivity (Wildman–Crippen MR) is 57.3 cm³/mol. The lowest BCUT2D eigenvalue weighted by Gasteiger charge is -2.59. The number of rotatable bonds is 4. The van der Waals surface area contributed by atoms with E-state index in [1.54, 1.807) is 7.11 Å². The molecule has 0 bridgehead atoms. The first-order chi connectivity index (χ1) is 6.37. The Morgan fingerprint density at radius 1 is 1.50 bits per heavy atom. The van der Waals surface area contributed by atoms with Crippen LogP contribution in [0.15, 0.2) is 0 Å². The minimum Gasteiger partial charge on any atom is -0.395 e. The highest BCUT2D eigenvalue weighted by molar-refractivity contribution is 5.11. The Balaban J connectivity index is 2.55. The Hall–Kier alpha value is -0.120. The molecule has 84 valence electrons. The van der Waals surface area contributed by atoms with Gasteiger partial charge in [0, 0.05) is 24.6 Å². The summed E-state index contributed by atoms with van der Waals surface area (Å²) in [6.07, 6.45) is 1.01. The average molecular weight is 201 g/mol. The molecule has 14 heavy (non-hydrogen) atoms. The van der Waals surface area contributed by atoms with Gasteiger partial charge in [-0.15, -0.1) is 0 Å². The topological polar surface area (TPSA) is 41.5 Å². The first-order valence-corrected chi connectivity index (χ1v) is 5.29. The molecule has 1 aliphatic rings. The molecule has 0 spiro atoms. The molecular weight excluding hydrogens is 178 g/mol. The Kier molecular flexibility index (Phi) is 3.24. The smallest absolute Gasteiger partial charge is 0.0731 e. The first kappa shape index (κ1) is 12.0. The lowest BCUT2D eigenvalue weighted by atomic mass is 9.55. The Morgan fingerprint density at radius 3 is 2.43 bits per heavy atom. The number of hydrogen-bond acceptors (Lipinski definition) is 3. The molecule has 3 nitrogen and oxygen atoms in total. The fourth-order valence-corrected chi connectivity index (χ4v) is 2.15. The molecular formula is C11H23NO2. The number of methoxy groups -OCH3 is 1. The number of hydrogen-bond donors (Lipinski definition) is 2. The van der Waals surface area contributed by atoms with Gasteiger partial charge in [0.25, 0.3) is 0 Å². The molecule has 0 aliphatic heterocycles. The molecule has 3 heteroatoms. The van der Waals surface area contributed by atoms with Gasteiger partial charge < -0.3 is 15.2 Å². The normalized spacial score (nSPS) is 37.7. The molecule has 0 amide bonds. The minimum absolute atomic E-state index is 0.0279. The zero-order valence-electron chi connectivity index (χ0n) is 9.92. The van der Waals surface area contributed by atoms with E-state index in [2.05, 4.69) is 26.1 Å². The summed E-state index contributed by atoms with van der Waals surface area (Å²) in [7, 11) is 1.77. The summed E-state index contributed by atoms with van der Waals surface area (Å²) in [4.78, 5) is 0. The van der Waals surface area contributed by atoms with E-state index in [1.807, 2.05) is 6.92 Å². The second-order valence-electron chi connectivity index (χ2n) is 5.16. The fourth-order valence-electron chi connectivity index (χ4n) is 2.15. The third-order valence-corrected chi connectivity index (χ3v) is 4.04. The van der Waals surface area contributed by atoms with Crippen LogP contribution in [-0.4, -0.2) is 36.5 Å². The third kappa shape index (κ3) is 1.69. The van der Waals surface area contributed by atoms with Crippen molar-refractivity contribution in [2.45, 2.75) is 51.8 Å². The molecule has 0 saturated heterocycles. The van der Waals surface area contributed by atoms with Crippen LogP contribution in [0.1, 0.15) is 34.1 Å². The maximum Gasteiger partial charge on any atom is 0.0731 e. The monoisotopic (exact) mass is 201 g/mol. The number of aliphatic hydroxyl groups is 1. The van der Waals surface area contributed by atoms with E-state index in [-0.39, 0.29) is 23.7 Å². The quantitative estimate of drug-likeness (QED) is 0.717. The molecule has 0 heterocycles. The van der Waals surface area contributed by atoms with Gasteiger partial charge in [0.2, 0.25) is 0 Å². The van der Waals surface area contributed by atoms with Crippen LogP contribution >= 0.6 is 0 Å². The van der Waals surface area contributed by atoms with Gasteiger partial charge in [0.05, 0.1) is 12.2 Å². The molecule has 2 N–H and O–H groups in total. The molecule has 3 atom stereocenters. The number of aliphatic hydroxyl groups excluding tert-OH is 1. The lowest BCUT2D eigenvalue weighted by Crippen LogP contribution is -2.69. The number of ether oxygens (including phenoxy) is 1. The molecule has 1 saturated carbocycles. The summed E-state index contributed by atoms with van der Waals surface area (Å²) in [6, 6.07) is 0.607. The minimum atomic E-state index is -0.0279. The van der Waals surface area contributed by atoms with Crippen LogP contribution in [0.4, 0.5) is 0 Å². The van der Waals surface area contributed by atoms with Gasteiger partial charge >= 0.3 is 0 Å². The standard InChI is InChI=1S/C11H23NO2/c1-8(7-13)12-9-6-11(4,14-5)10(9,2)3/h8-9,12-13H,6-7H2,1-5H3/t8-,9?,11?/m0/s1. The van der Waals surface area contributed by atoms with Crippen LogP contribution in [-0.2, 0) is 4.74 Å². The predicted octanol–water partition coefficient (Wildman–Crippen LogP) is 1.16. The molecule has 0 aromatic carbocycles. The van der Waals surface area contributed by atoms with Crippen LogP contribution in [0.2, 0.25) is 0 Å². The SMILES string of the molecule is COC1(C)CC(N[C@@H](C)CO)C1(C)C. The molecule has 0 radical (unpaired) electrons. The lowest BCUT2D eigenvalue weighted by molar-refractivity contribution is -0.182. The van der Waals surface area contributed by atoms with Crippen molar-refractivity contribution in [1.29, 1.82) is 0 Å². The van der Waals surface area contributed by atoms with Crippen molar-refractivity contribution in [2.75, 3.05) is 13.7 Å². The molecule has 1 rings (SSSR count). The van der Waals surface area contributed by atoms with E-state index in [4.69, 9.17) is 9.84 Å². The summed E-state index contributed by atoms with van der Waals surface area (Å²) in [5, 5.41) is 12.4. The van der Waals surface area contributed by atoms with Crippen LogP contribution in [0.5, 0.6) is 0 Å². The third-order valence-electron chi connectivity index (χ3n) is 4.04. The van der Waals surface area contributed by atoms with Crippen LogP contribution in [0.3, 0.4) is 0 Å². The van der Waals surface area contributed by atoms with E-state index in [0.717, 1.165) is 6.42 Å². The second kappa shape index (κ2) is 3.80. The fraction of sp³-hybridized carbons (Fsp3) is 1.00. The van der Waals surface area contributed by atoms with Crippen molar-refractivity contribution in [1.82, 2.24) is 5.32 Å². The van der Waals surface area contributed by atoms with Gasteiger partial charge in [-0.1, -0.05) is 13.8 Å². The van der Waals surface area contributed by atoms with Crippen molar-refractivity contribution >= 4 is 0 Å². The van der Waals surface area contributed by atoms with Crippen molar-refractivity contribution < 1.29 is 9.84 Å². The van der Waals surface area contributed by atoms with Crippen molar-refractivity contribution in [3.8, 4) is 0 Å². The largest absolute Gasteiger partial charge is 0.395 e. The van der Waals surface area contributed by atoms with Gasteiger partial charge in [-0.05, 0) is 20.3 Å². The van der Waals surface area contributed by atoms with Gasteiger partial charge in [0.1, 0.15) is 0 Å². The number of nitrogens with one attached hydrogen (secondary N) is 1. The van der Waals surface area contributed by atoms with Crippen LogP contribution in [0, 0.1) is 5.41 Å². The zero-order valence-corrected chi connectivity index (χ0v) is 9.92. The maximum absolute atomic E-state index is 8.97. The van der Waals surface area contributed by atoms with E-state index < -0.39 is 0 Å². The van der Waals surface area contributed by atoms with Gasteiger partial charge in [-0.25, -0.2) is 0 Å². The summed E-state index contributed by atoms with van der Waals surface area (Å²) in [5.74, 6) is 0. The summed E-state index contributed by atoms with van der Waals surface area (Å²) >= 11 is 0. The maximum atomic E-state index is 8.97. The summed E-state index contributed by atoms with van der Waals surface area (Å²) < 4.78 is 5.53. The Morgan fingerprint density at radius 2 is 2.07 bits per heavy atom. The Labute approximate surface area is 86.8 Å². The average Bonchev–Trinajstić information content (AvgIpc) is 2.16. The van der Waals surface area contributed by atoms with E-state index in [9.17, 15) is 0 Å². The van der Waals surface area contributed by atoms with E-state index in [0.29, 0.717) is 6.04 Å². The summed E-state index contributed by atoms with van der Waals surface area (Å²) in [5.41, 5.74) is 0.102. The van der Waals surface area contributed by atoms with Crippen molar-refractivity contribution in [3.63, 3.8) is 0 Å². The second-order valence-corrected chi connectivity index (χ2v) is 5.16. The molecule has 1 aliphatic carbocycles. The highest BCUT2D eigenvalue weighted by Gasteiger charge is 2.57. The first-order valence-electron chi connectivity index (χ1n) is 5.29. The molecule has 1 fully saturated rings. The molecule has 0 aromatic rings. The Bertz CT molecular complexity index is 203. The van der Waals surface area contributed by atoms with E-state index in [1.165, 1.54) is 0 Å². The van der Waals surface area contributed by atoms with Gasteiger partial charge in [-0.2, -0.15) is 0 Å². The summed E-state index contributed by atoms with van der Waals surface area (Å²) in [6.45, 7) is 8.76. The van der Waals surface area contributed by atoms with Crippen molar-refractivity contribution in [3.05, 3.63) is 0 Å². The van der Waals surface area contributed by atoms with Gasteiger partial charge in [-0.3, -0.25) is 0 Å². The van der Waals surface area contributed by atoms with Crippen LogP contribution < -0.4 is 5.32 Å². The molecule has 2 unspecified atom stereocenters. The van der Waals surface area contributed by atoms with Crippen LogP contribution in [0.25, 0.3) is 0 Å². The van der Waals surface area contributed by atoms with Crippen molar-refractivity contribution in [2.24, 2.45) is 5.41 Å². The highest BCUT2D eigenvalue weighted by Crippen LogP contribution is 2.51. The van der Waals surface area contributed by atoms with Gasteiger partial charge in [0.15, 0.2) is 0 Å². The zero-order chi connectivity index (χ0) is 11.0. The van der Waals surface area contributed by atoms with E-state index >= 15 is 0 Å². The molecule has 0 aromatic heterocycles.